The van der Waals surface area contributed by atoms with Gasteiger partial charge in [0.25, 0.3) is 5.91 Å². The highest BCUT2D eigenvalue weighted by molar-refractivity contribution is 7.91. The number of hydrogen-bond donors (Lipinski definition) is 1. The second kappa shape index (κ2) is 8.23. The van der Waals surface area contributed by atoms with Crippen molar-refractivity contribution in [3.8, 4) is 5.75 Å². The molecule has 0 aliphatic carbocycles. The first-order chi connectivity index (χ1) is 15.2. The third kappa shape index (κ3) is 3.79. The van der Waals surface area contributed by atoms with Crippen molar-refractivity contribution in [2.24, 2.45) is 0 Å². The largest absolute Gasteiger partial charge is 0.497 e. The van der Waals surface area contributed by atoms with E-state index in [1.54, 1.807) is 12.1 Å². The first-order valence-corrected chi connectivity index (χ1v) is 11.0. The maximum absolute atomic E-state index is 15.5. The lowest BCUT2D eigenvalue weighted by Crippen LogP contribution is -2.37. The highest BCUT2D eigenvalue weighted by Gasteiger charge is 2.40. The molecule has 2 aromatic carbocycles. The van der Waals surface area contributed by atoms with Gasteiger partial charge in [0.1, 0.15) is 22.0 Å². The number of carbonyl (C=O) groups is 1. The van der Waals surface area contributed by atoms with Gasteiger partial charge in [0, 0.05) is 12.2 Å². The minimum absolute atomic E-state index is 0.100. The van der Waals surface area contributed by atoms with E-state index in [1.165, 1.54) is 42.5 Å². The molecule has 0 fully saturated rings. The van der Waals surface area contributed by atoms with Crippen LogP contribution in [0.3, 0.4) is 0 Å². The summed E-state index contributed by atoms with van der Waals surface area (Å²) in [4.78, 5) is 12.8. The molecule has 0 atom stereocenters. The number of methoxy groups -OCH3 is 1. The number of hydrogen-bond acceptors (Lipinski definition) is 6. The minimum Gasteiger partial charge on any atom is -0.497 e. The lowest BCUT2D eigenvalue weighted by molar-refractivity contribution is 0.101. The SMILES string of the molecule is COc1ccc(NC(=O)c2c(F)c(F)c3c(c2F)N(Cc2ccco2)CCS3(=O)=O)cc1. The number of sulfone groups is 1. The average Bonchev–Trinajstić information content (AvgIpc) is 3.27. The zero-order chi connectivity index (χ0) is 23.0. The number of furan rings is 1. The monoisotopic (exact) mass is 466 g/mol. The van der Waals surface area contributed by atoms with E-state index < -0.39 is 55.1 Å². The topological polar surface area (TPSA) is 88.8 Å². The van der Waals surface area contributed by atoms with E-state index in [4.69, 9.17) is 9.15 Å². The van der Waals surface area contributed by atoms with Crippen molar-refractivity contribution in [1.29, 1.82) is 0 Å². The van der Waals surface area contributed by atoms with Crippen LogP contribution in [0, 0.1) is 17.5 Å². The van der Waals surface area contributed by atoms with Crippen LogP contribution in [-0.2, 0) is 16.4 Å². The molecule has 0 radical (unpaired) electrons. The van der Waals surface area contributed by atoms with Gasteiger partial charge < -0.3 is 19.4 Å². The summed E-state index contributed by atoms with van der Waals surface area (Å²) in [6.45, 7) is -0.297. The molecule has 1 amide bonds. The third-order valence-electron chi connectivity index (χ3n) is 5.01. The molecule has 1 aromatic heterocycles. The summed E-state index contributed by atoms with van der Waals surface area (Å²) in [7, 11) is -2.87. The fourth-order valence-electron chi connectivity index (χ4n) is 3.45. The number of anilines is 2. The Hall–Kier alpha value is -3.47. The Kier molecular flexibility index (Phi) is 5.59. The standard InChI is InChI=1S/C21H17F3N2O5S/c1-30-13-6-4-12(5-7-13)25-21(27)15-16(22)18(24)20-19(17(15)23)26(8-10-32(20,28)29)11-14-3-2-9-31-14/h2-7,9H,8,10-11H2,1H3,(H,25,27). The maximum atomic E-state index is 15.5. The Morgan fingerprint density at radius 2 is 1.84 bits per heavy atom. The molecule has 1 aliphatic heterocycles. The maximum Gasteiger partial charge on any atom is 0.261 e. The Balaban J connectivity index is 1.80. The molecule has 0 unspecified atom stereocenters. The van der Waals surface area contributed by atoms with Crippen LogP contribution in [0.1, 0.15) is 16.1 Å². The van der Waals surface area contributed by atoms with E-state index in [0.717, 1.165) is 0 Å². The molecule has 1 N–H and O–H groups in total. The number of halogens is 3. The molecule has 0 bridgehead atoms. The lowest BCUT2D eigenvalue weighted by Gasteiger charge is -2.31. The Morgan fingerprint density at radius 1 is 1.12 bits per heavy atom. The van der Waals surface area contributed by atoms with Gasteiger partial charge in [-0.1, -0.05) is 0 Å². The first kappa shape index (κ1) is 21.8. The quantitative estimate of drug-likeness (QED) is 0.577. The second-order valence-electron chi connectivity index (χ2n) is 7.00. The average molecular weight is 466 g/mol. The van der Waals surface area contributed by atoms with Crippen LogP contribution < -0.4 is 15.0 Å². The number of amides is 1. The predicted octanol–water partition coefficient (Wildman–Crippen LogP) is 3.75. The van der Waals surface area contributed by atoms with Gasteiger partial charge in [-0.25, -0.2) is 21.6 Å². The summed E-state index contributed by atoms with van der Waals surface area (Å²) in [6.07, 6.45) is 1.37. The number of nitrogens with one attached hydrogen (secondary N) is 1. The Morgan fingerprint density at radius 3 is 2.47 bits per heavy atom. The zero-order valence-corrected chi connectivity index (χ0v) is 17.5. The van der Waals surface area contributed by atoms with Gasteiger partial charge in [-0.3, -0.25) is 4.79 Å². The zero-order valence-electron chi connectivity index (χ0n) is 16.7. The number of nitrogens with zero attached hydrogens (tertiary/aromatic N) is 1. The summed E-state index contributed by atoms with van der Waals surface area (Å²) >= 11 is 0. The van der Waals surface area contributed by atoms with Crippen LogP contribution in [0.4, 0.5) is 24.5 Å². The van der Waals surface area contributed by atoms with Crippen LogP contribution in [0.15, 0.2) is 52.0 Å². The van der Waals surface area contributed by atoms with Crippen LogP contribution in [0.25, 0.3) is 0 Å². The predicted molar refractivity (Wildman–Crippen MR) is 109 cm³/mol. The van der Waals surface area contributed by atoms with Crippen LogP contribution in [0.2, 0.25) is 0 Å². The van der Waals surface area contributed by atoms with Crippen molar-refractivity contribution in [2.75, 3.05) is 29.6 Å². The fourth-order valence-corrected chi connectivity index (χ4v) is 5.00. The van der Waals surface area contributed by atoms with Crippen LogP contribution >= 0.6 is 0 Å². The van der Waals surface area contributed by atoms with Gasteiger partial charge in [-0.05, 0) is 36.4 Å². The molecule has 0 saturated carbocycles. The van der Waals surface area contributed by atoms with Gasteiger partial charge in [0.05, 0.1) is 31.4 Å². The van der Waals surface area contributed by atoms with Crippen molar-refractivity contribution >= 4 is 27.1 Å². The minimum atomic E-state index is -4.31. The smallest absolute Gasteiger partial charge is 0.261 e. The molecule has 11 heteroatoms. The van der Waals surface area contributed by atoms with E-state index in [1.807, 2.05) is 0 Å². The van der Waals surface area contributed by atoms with Gasteiger partial charge >= 0.3 is 0 Å². The van der Waals surface area contributed by atoms with Crippen molar-refractivity contribution in [3.05, 3.63) is 71.4 Å². The summed E-state index contributed by atoms with van der Waals surface area (Å²) < 4.78 is 80.2. The Labute approximate surface area is 181 Å². The van der Waals surface area contributed by atoms with Crippen LogP contribution in [-0.4, -0.2) is 33.7 Å². The highest BCUT2D eigenvalue weighted by atomic mass is 32.2. The molecule has 7 nitrogen and oxygen atoms in total. The molecule has 0 spiro atoms. The van der Waals surface area contributed by atoms with E-state index in [0.29, 0.717) is 11.5 Å². The summed E-state index contributed by atoms with van der Waals surface area (Å²) in [5.41, 5.74) is -1.75. The fraction of sp³-hybridized carbons (Fsp3) is 0.190. The molecule has 1 aliphatic rings. The summed E-state index contributed by atoms with van der Waals surface area (Å²) in [5, 5.41) is 2.28. The molecule has 3 aromatic rings. The first-order valence-electron chi connectivity index (χ1n) is 9.39. The van der Waals surface area contributed by atoms with Gasteiger partial charge in [-0.2, -0.15) is 0 Å². The molecular formula is C21H17F3N2O5S. The molecule has 32 heavy (non-hydrogen) atoms. The van der Waals surface area contributed by atoms with Gasteiger partial charge in [0.15, 0.2) is 27.3 Å². The normalized spacial score (nSPS) is 14.7. The van der Waals surface area contributed by atoms with Crippen molar-refractivity contribution in [2.45, 2.75) is 11.4 Å². The van der Waals surface area contributed by atoms with E-state index in [9.17, 15) is 22.0 Å². The third-order valence-corrected chi connectivity index (χ3v) is 6.73. The van der Waals surface area contributed by atoms with Gasteiger partial charge in [0.2, 0.25) is 0 Å². The molecular weight excluding hydrogens is 449 g/mol. The lowest BCUT2D eigenvalue weighted by atomic mass is 10.1. The van der Waals surface area contributed by atoms with Crippen LogP contribution in [0.5, 0.6) is 5.75 Å². The second-order valence-corrected chi connectivity index (χ2v) is 9.04. The highest BCUT2D eigenvalue weighted by Crippen LogP contribution is 2.39. The molecule has 0 saturated heterocycles. The van der Waals surface area contributed by atoms with Crippen molar-refractivity contribution < 1.29 is 35.5 Å². The Bertz CT molecular complexity index is 1280. The number of ether oxygens (including phenoxy) is 1. The number of carbonyl (C=O) groups excluding carboxylic acids is 1. The summed E-state index contributed by atoms with van der Waals surface area (Å²) in [5.74, 6) is -6.13. The molecule has 168 valence electrons. The van der Waals surface area contributed by atoms with Gasteiger partial charge in [-0.15, -0.1) is 0 Å². The van der Waals surface area contributed by atoms with E-state index in [-0.39, 0.29) is 18.8 Å². The van der Waals surface area contributed by atoms with E-state index >= 15 is 4.39 Å². The number of fused-ring (bicyclic) bond motifs is 1. The van der Waals surface area contributed by atoms with Crippen molar-refractivity contribution in [3.63, 3.8) is 0 Å². The number of benzene rings is 2. The summed E-state index contributed by atoms with van der Waals surface area (Å²) in [6, 6.07) is 9.01. The molecule has 2 heterocycles. The number of rotatable bonds is 5. The van der Waals surface area contributed by atoms with E-state index in [2.05, 4.69) is 5.32 Å². The molecule has 4 rings (SSSR count). The van der Waals surface area contributed by atoms with Crippen molar-refractivity contribution in [1.82, 2.24) is 0 Å².